The molecule has 1 aromatic rings. The maximum absolute atomic E-state index is 12.6. The van der Waals surface area contributed by atoms with Crippen LogP contribution in [0, 0.1) is 11.8 Å². The minimum Gasteiger partial charge on any atom is -0.481 e. The molecular formula is C15H18ClNO3S. The lowest BCUT2D eigenvalue weighted by molar-refractivity contribution is -0.142. The summed E-state index contributed by atoms with van der Waals surface area (Å²) in [4.78, 5) is 26.3. The molecule has 1 aliphatic rings. The average Bonchev–Trinajstić information content (AvgIpc) is 2.81. The highest BCUT2D eigenvalue weighted by Gasteiger charge is 2.37. The lowest BCUT2D eigenvalue weighted by atomic mass is 9.99. The van der Waals surface area contributed by atoms with E-state index in [1.54, 1.807) is 34.9 Å². The second kappa shape index (κ2) is 6.71. The van der Waals surface area contributed by atoms with Gasteiger partial charge in [-0.1, -0.05) is 25.4 Å². The molecule has 0 unspecified atom stereocenters. The van der Waals surface area contributed by atoms with Crippen molar-refractivity contribution in [1.29, 1.82) is 0 Å². The summed E-state index contributed by atoms with van der Waals surface area (Å²) < 4.78 is 0. The molecule has 0 aromatic heterocycles. The number of carboxylic acids is 1. The van der Waals surface area contributed by atoms with Crippen LogP contribution in [-0.2, 0) is 4.79 Å². The first kappa shape index (κ1) is 16.2. The topological polar surface area (TPSA) is 57.6 Å². The van der Waals surface area contributed by atoms with E-state index in [4.69, 9.17) is 16.7 Å². The van der Waals surface area contributed by atoms with Gasteiger partial charge in [-0.15, -0.1) is 11.8 Å². The molecule has 1 aromatic carbocycles. The van der Waals surface area contributed by atoms with Crippen LogP contribution in [0.4, 0.5) is 0 Å². The number of rotatable bonds is 4. The van der Waals surface area contributed by atoms with Gasteiger partial charge >= 0.3 is 5.97 Å². The lowest BCUT2D eigenvalue weighted by Gasteiger charge is -2.18. The van der Waals surface area contributed by atoms with Crippen LogP contribution in [-0.4, -0.2) is 40.7 Å². The van der Waals surface area contributed by atoms with Crippen molar-refractivity contribution < 1.29 is 14.7 Å². The summed E-state index contributed by atoms with van der Waals surface area (Å²) in [6, 6.07) is 5.21. The molecule has 1 aliphatic heterocycles. The Morgan fingerprint density at radius 2 is 2.14 bits per heavy atom. The maximum Gasteiger partial charge on any atom is 0.308 e. The van der Waals surface area contributed by atoms with E-state index in [0.717, 1.165) is 10.6 Å². The highest BCUT2D eigenvalue weighted by molar-refractivity contribution is 7.99. The van der Waals surface area contributed by atoms with Crippen molar-refractivity contribution in [2.75, 3.05) is 18.8 Å². The SMILES string of the molecule is CCSc1cc(Cl)ccc1C(=O)N1C[C@@H](C)[C@H](C(=O)O)C1. The third kappa shape index (κ3) is 3.52. The van der Waals surface area contributed by atoms with E-state index >= 15 is 0 Å². The van der Waals surface area contributed by atoms with Crippen LogP contribution in [0.25, 0.3) is 0 Å². The Kier molecular flexibility index (Phi) is 5.17. The zero-order chi connectivity index (χ0) is 15.6. The number of hydrogen-bond donors (Lipinski definition) is 1. The zero-order valence-corrected chi connectivity index (χ0v) is 13.6. The van der Waals surface area contributed by atoms with Crippen molar-refractivity contribution >= 4 is 35.2 Å². The minimum atomic E-state index is -0.836. The maximum atomic E-state index is 12.6. The fourth-order valence-corrected chi connectivity index (χ4v) is 3.64. The van der Waals surface area contributed by atoms with Crippen LogP contribution in [0.1, 0.15) is 24.2 Å². The molecule has 114 valence electrons. The summed E-state index contributed by atoms with van der Waals surface area (Å²) in [5.41, 5.74) is 0.601. The van der Waals surface area contributed by atoms with E-state index in [0.29, 0.717) is 17.1 Å². The molecule has 1 saturated heterocycles. The summed E-state index contributed by atoms with van der Waals surface area (Å²) in [6.45, 7) is 4.64. The van der Waals surface area contributed by atoms with E-state index in [1.165, 1.54) is 0 Å². The Morgan fingerprint density at radius 1 is 1.43 bits per heavy atom. The molecule has 2 atom stereocenters. The van der Waals surface area contributed by atoms with Gasteiger partial charge in [-0.05, 0) is 29.9 Å². The minimum absolute atomic E-state index is 0.0268. The van der Waals surface area contributed by atoms with Crippen LogP contribution >= 0.6 is 23.4 Å². The predicted octanol–water partition coefficient (Wildman–Crippen LogP) is 3.24. The number of halogens is 1. The van der Waals surface area contributed by atoms with E-state index in [1.807, 2.05) is 13.8 Å². The molecule has 2 rings (SSSR count). The second-order valence-corrected chi connectivity index (χ2v) is 6.95. The highest BCUT2D eigenvalue weighted by atomic mass is 35.5. The van der Waals surface area contributed by atoms with Gasteiger partial charge in [0.25, 0.3) is 5.91 Å². The van der Waals surface area contributed by atoms with Crippen molar-refractivity contribution in [2.45, 2.75) is 18.7 Å². The standard InChI is InChI=1S/C15H18ClNO3S/c1-3-21-13-6-10(16)4-5-11(13)14(18)17-7-9(2)12(8-17)15(19)20/h4-6,9,12H,3,7-8H2,1-2H3,(H,19,20)/t9-,12-/m1/s1. The Hall–Kier alpha value is -1.20. The third-order valence-corrected chi connectivity index (χ3v) is 4.86. The van der Waals surface area contributed by atoms with Crippen molar-refractivity contribution in [1.82, 2.24) is 4.90 Å². The van der Waals surface area contributed by atoms with Gasteiger partial charge in [0.15, 0.2) is 0 Å². The number of nitrogens with zero attached hydrogens (tertiary/aromatic N) is 1. The molecular weight excluding hydrogens is 310 g/mol. The summed E-state index contributed by atoms with van der Waals surface area (Å²) in [5.74, 6) is -0.616. The lowest BCUT2D eigenvalue weighted by Crippen LogP contribution is -2.30. The number of thioether (sulfide) groups is 1. The molecule has 0 aliphatic carbocycles. The number of carbonyl (C=O) groups excluding carboxylic acids is 1. The first-order chi connectivity index (χ1) is 9.93. The van der Waals surface area contributed by atoms with Crippen LogP contribution in [0.5, 0.6) is 0 Å². The number of carboxylic acid groups (broad SMARTS) is 1. The largest absolute Gasteiger partial charge is 0.481 e. The Balaban J connectivity index is 2.23. The first-order valence-electron chi connectivity index (χ1n) is 6.88. The fraction of sp³-hybridized carbons (Fsp3) is 0.467. The second-order valence-electron chi connectivity index (χ2n) is 5.21. The average molecular weight is 328 g/mol. The third-order valence-electron chi connectivity index (χ3n) is 3.69. The quantitative estimate of drug-likeness (QED) is 0.862. The molecule has 1 amide bonds. The first-order valence-corrected chi connectivity index (χ1v) is 8.24. The molecule has 0 saturated carbocycles. The molecule has 1 heterocycles. The number of likely N-dealkylation sites (tertiary alicyclic amines) is 1. The van der Waals surface area contributed by atoms with E-state index in [2.05, 4.69) is 0 Å². The Bertz CT molecular complexity index is 564. The number of aliphatic carboxylic acids is 1. The Morgan fingerprint density at radius 3 is 2.71 bits per heavy atom. The molecule has 4 nitrogen and oxygen atoms in total. The van der Waals surface area contributed by atoms with Gasteiger partial charge in [-0.3, -0.25) is 9.59 Å². The predicted molar refractivity (Wildman–Crippen MR) is 84.0 cm³/mol. The van der Waals surface area contributed by atoms with Crippen molar-refractivity contribution in [3.05, 3.63) is 28.8 Å². The molecule has 21 heavy (non-hydrogen) atoms. The number of benzene rings is 1. The monoisotopic (exact) mass is 327 g/mol. The summed E-state index contributed by atoms with van der Waals surface area (Å²) >= 11 is 7.55. The molecule has 0 spiro atoms. The van der Waals surface area contributed by atoms with Crippen LogP contribution in [0.2, 0.25) is 5.02 Å². The fourth-order valence-electron chi connectivity index (χ4n) is 2.57. The Labute approximate surface area is 133 Å². The van der Waals surface area contributed by atoms with E-state index in [-0.39, 0.29) is 18.4 Å². The van der Waals surface area contributed by atoms with Crippen LogP contribution < -0.4 is 0 Å². The van der Waals surface area contributed by atoms with Crippen LogP contribution in [0.15, 0.2) is 23.1 Å². The summed E-state index contributed by atoms with van der Waals surface area (Å²) in [5, 5.41) is 9.77. The van der Waals surface area contributed by atoms with Gasteiger partial charge in [0.2, 0.25) is 0 Å². The van der Waals surface area contributed by atoms with Gasteiger partial charge < -0.3 is 10.0 Å². The van der Waals surface area contributed by atoms with Crippen LogP contribution in [0.3, 0.4) is 0 Å². The molecule has 6 heteroatoms. The molecule has 1 N–H and O–H groups in total. The van der Waals surface area contributed by atoms with Crippen molar-refractivity contribution in [2.24, 2.45) is 11.8 Å². The van der Waals surface area contributed by atoms with E-state index < -0.39 is 11.9 Å². The van der Waals surface area contributed by atoms with Gasteiger partial charge in [0, 0.05) is 23.0 Å². The zero-order valence-electron chi connectivity index (χ0n) is 12.0. The van der Waals surface area contributed by atoms with Gasteiger partial charge in [-0.2, -0.15) is 0 Å². The van der Waals surface area contributed by atoms with Gasteiger partial charge in [0.05, 0.1) is 11.5 Å². The molecule has 0 radical (unpaired) electrons. The number of hydrogen-bond acceptors (Lipinski definition) is 3. The summed E-state index contributed by atoms with van der Waals surface area (Å²) in [6.07, 6.45) is 0. The van der Waals surface area contributed by atoms with Gasteiger partial charge in [0.1, 0.15) is 0 Å². The number of amides is 1. The normalized spacial score (nSPS) is 21.6. The number of carbonyl (C=O) groups is 2. The van der Waals surface area contributed by atoms with Gasteiger partial charge in [-0.25, -0.2) is 0 Å². The van der Waals surface area contributed by atoms with Crippen molar-refractivity contribution in [3.63, 3.8) is 0 Å². The molecule has 0 bridgehead atoms. The molecule has 1 fully saturated rings. The highest BCUT2D eigenvalue weighted by Crippen LogP contribution is 2.30. The summed E-state index contributed by atoms with van der Waals surface area (Å²) in [7, 11) is 0. The smallest absolute Gasteiger partial charge is 0.308 e. The van der Waals surface area contributed by atoms with E-state index in [9.17, 15) is 9.59 Å². The van der Waals surface area contributed by atoms with Crippen molar-refractivity contribution in [3.8, 4) is 0 Å².